The first-order valence-electron chi connectivity index (χ1n) is 10.2. The summed E-state index contributed by atoms with van der Waals surface area (Å²) in [6, 6.07) is 17.0. The summed E-state index contributed by atoms with van der Waals surface area (Å²) in [6.07, 6.45) is 2.49. The molecule has 1 unspecified atom stereocenters. The van der Waals surface area contributed by atoms with Gasteiger partial charge in [-0.3, -0.25) is 4.79 Å². The number of carbonyl (C=O) groups is 1. The topological polar surface area (TPSA) is 92.5 Å². The van der Waals surface area contributed by atoms with E-state index < -0.39 is 16.1 Å². The number of amides is 1. The number of aliphatic hydroxyl groups excluding tert-OH is 1. The molecule has 0 radical (unpaired) electrons. The highest BCUT2D eigenvalue weighted by Gasteiger charge is 2.23. The van der Waals surface area contributed by atoms with Crippen LogP contribution in [-0.4, -0.2) is 53.0 Å². The second-order valence-electron chi connectivity index (χ2n) is 7.79. The molecule has 0 bridgehead atoms. The fourth-order valence-corrected chi connectivity index (χ4v) is 5.34. The van der Waals surface area contributed by atoms with E-state index in [9.17, 15) is 18.3 Å². The fraction of sp³-hybridized carbons (Fsp3) is 0.167. The number of aromatic nitrogens is 2. The van der Waals surface area contributed by atoms with Gasteiger partial charge in [-0.25, -0.2) is 17.4 Å². The van der Waals surface area contributed by atoms with E-state index in [0.29, 0.717) is 22.2 Å². The van der Waals surface area contributed by atoms with E-state index in [1.807, 2.05) is 6.07 Å². The molecule has 0 spiro atoms. The van der Waals surface area contributed by atoms with E-state index in [-0.39, 0.29) is 17.3 Å². The number of hydrogen-bond acceptors (Lipinski definition) is 5. The van der Waals surface area contributed by atoms with E-state index in [0.717, 1.165) is 10.0 Å². The largest absolute Gasteiger partial charge is 0.392 e. The Hall–Kier alpha value is -3.01. The van der Waals surface area contributed by atoms with Crippen LogP contribution >= 0.6 is 15.9 Å². The molecule has 0 aliphatic heterocycles. The van der Waals surface area contributed by atoms with Crippen molar-refractivity contribution in [3.8, 4) is 11.1 Å². The lowest BCUT2D eigenvalue weighted by molar-refractivity contribution is 0.0703. The van der Waals surface area contributed by atoms with Crippen molar-refractivity contribution in [2.45, 2.75) is 17.9 Å². The lowest BCUT2D eigenvalue weighted by Crippen LogP contribution is -2.32. The number of fused-ring (bicyclic) bond motifs is 1. The molecule has 1 amide bonds. The van der Waals surface area contributed by atoms with Crippen molar-refractivity contribution in [2.24, 2.45) is 0 Å². The molecule has 1 atom stereocenters. The number of rotatable bonds is 6. The average Bonchev–Trinajstić information content (AvgIpc) is 3.18. The van der Waals surface area contributed by atoms with Crippen molar-refractivity contribution in [1.29, 1.82) is 0 Å². The molecule has 1 N–H and O–H groups in total. The summed E-state index contributed by atoms with van der Waals surface area (Å²) >= 11 is 3.42. The van der Waals surface area contributed by atoms with Gasteiger partial charge in [0.25, 0.3) is 15.9 Å². The molecule has 0 fully saturated rings. The van der Waals surface area contributed by atoms with Gasteiger partial charge in [-0.05, 0) is 58.7 Å². The van der Waals surface area contributed by atoms with E-state index in [1.165, 1.54) is 8.87 Å². The highest BCUT2D eigenvalue weighted by atomic mass is 79.9. The molecule has 0 aliphatic rings. The van der Waals surface area contributed by atoms with Gasteiger partial charge in [0.2, 0.25) is 0 Å². The molecule has 4 rings (SSSR count). The van der Waals surface area contributed by atoms with Gasteiger partial charge >= 0.3 is 0 Å². The predicted octanol–water partition coefficient (Wildman–Crippen LogP) is 4.16. The minimum absolute atomic E-state index is 0.167. The third kappa shape index (κ3) is 4.57. The molecule has 7 nitrogen and oxygen atoms in total. The van der Waals surface area contributed by atoms with Crippen molar-refractivity contribution in [1.82, 2.24) is 13.9 Å². The first kappa shape index (κ1) is 23.2. The molecule has 0 aliphatic carbocycles. The van der Waals surface area contributed by atoms with Crippen molar-refractivity contribution in [2.75, 3.05) is 13.6 Å². The van der Waals surface area contributed by atoms with Crippen LogP contribution in [0.4, 0.5) is 0 Å². The summed E-state index contributed by atoms with van der Waals surface area (Å²) in [7, 11) is -2.22. The van der Waals surface area contributed by atoms with Crippen molar-refractivity contribution in [3.05, 3.63) is 83.1 Å². The van der Waals surface area contributed by atoms with Crippen LogP contribution in [0.25, 0.3) is 22.2 Å². The molecular weight excluding hydrogens is 506 g/mol. The van der Waals surface area contributed by atoms with Crippen LogP contribution in [0.5, 0.6) is 0 Å². The Kier molecular flexibility index (Phi) is 6.38. The van der Waals surface area contributed by atoms with Gasteiger partial charge in [-0.2, -0.15) is 0 Å². The lowest BCUT2D eigenvalue weighted by Gasteiger charge is -2.18. The third-order valence-electron chi connectivity index (χ3n) is 5.21. The molecule has 4 aromatic rings. The highest BCUT2D eigenvalue weighted by Crippen LogP contribution is 2.33. The molecule has 170 valence electrons. The molecular formula is C24H22BrN3O4S. The van der Waals surface area contributed by atoms with Crippen LogP contribution in [0.3, 0.4) is 0 Å². The van der Waals surface area contributed by atoms with Gasteiger partial charge in [0.15, 0.2) is 5.65 Å². The van der Waals surface area contributed by atoms with Gasteiger partial charge in [-0.1, -0.05) is 30.3 Å². The standard InChI is InChI=1S/C24H22BrN3O4S/c1-16(29)14-27(2)24(30)18-10-8-17(9-11-18)22-15-28(23-21(22)12-19(25)13-26-23)33(31,32)20-6-4-3-5-7-20/h3-13,15-16,29H,14H2,1-2H3. The minimum atomic E-state index is -3.86. The fourth-order valence-electron chi connectivity index (χ4n) is 3.67. The second-order valence-corrected chi connectivity index (χ2v) is 10.5. The summed E-state index contributed by atoms with van der Waals surface area (Å²) < 4.78 is 28.6. The van der Waals surface area contributed by atoms with Gasteiger partial charge in [0.1, 0.15) is 0 Å². The zero-order chi connectivity index (χ0) is 23.8. The first-order valence-corrected chi connectivity index (χ1v) is 12.4. The Labute approximate surface area is 200 Å². The number of benzene rings is 2. The molecule has 2 aromatic carbocycles. The molecule has 0 saturated carbocycles. The van der Waals surface area contributed by atoms with E-state index in [4.69, 9.17) is 0 Å². The van der Waals surface area contributed by atoms with Gasteiger partial charge in [0.05, 0.1) is 11.0 Å². The van der Waals surface area contributed by atoms with Crippen LogP contribution in [0.15, 0.2) is 82.4 Å². The number of nitrogens with zero attached hydrogens (tertiary/aromatic N) is 3. The summed E-state index contributed by atoms with van der Waals surface area (Å²) in [5, 5.41) is 10.2. The number of likely N-dealkylation sites (N-methyl/N-ethyl adjacent to an activating group) is 1. The van der Waals surface area contributed by atoms with Crippen molar-refractivity contribution >= 4 is 42.9 Å². The quantitative estimate of drug-likeness (QED) is 0.406. The summed E-state index contributed by atoms with van der Waals surface area (Å²) in [4.78, 5) is 18.6. The van der Waals surface area contributed by atoms with Crippen molar-refractivity contribution < 1.29 is 18.3 Å². The highest BCUT2D eigenvalue weighted by molar-refractivity contribution is 9.10. The van der Waals surface area contributed by atoms with Gasteiger partial charge in [-0.15, -0.1) is 0 Å². The number of hydrogen-bond donors (Lipinski definition) is 1. The first-order chi connectivity index (χ1) is 15.7. The zero-order valence-electron chi connectivity index (χ0n) is 18.0. The number of pyridine rings is 1. The molecule has 9 heteroatoms. The lowest BCUT2D eigenvalue weighted by atomic mass is 10.0. The Morgan fingerprint density at radius 3 is 2.45 bits per heavy atom. The third-order valence-corrected chi connectivity index (χ3v) is 7.30. The average molecular weight is 528 g/mol. The van der Waals surface area contributed by atoms with Crippen LogP contribution in [-0.2, 0) is 10.0 Å². The van der Waals surface area contributed by atoms with Crippen LogP contribution < -0.4 is 0 Å². The zero-order valence-corrected chi connectivity index (χ0v) is 20.4. The number of halogens is 1. The van der Waals surface area contributed by atoms with Crippen LogP contribution in [0.2, 0.25) is 0 Å². The van der Waals surface area contributed by atoms with Crippen molar-refractivity contribution in [3.63, 3.8) is 0 Å². The monoisotopic (exact) mass is 527 g/mol. The Morgan fingerprint density at radius 2 is 1.82 bits per heavy atom. The van der Waals surface area contributed by atoms with Gasteiger partial charge < -0.3 is 10.0 Å². The molecule has 2 heterocycles. The molecule has 2 aromatic heterocycles. The maximum Gasteiger partial charge on any atom is 0.269 e. The van der Waals surface area contributed by atoms with Crippen LogP contribution in [0.1, 0.15) is 17.3 Å². The Balaban J connectivity index is 1.79. The summed E-state index contributed by atoms with van der Waals surface area (Å²) in [5.74, 6) is -0.207. The minimum Gasteiger partial charge on any atom is -0.392 e. The van der Waals surface area contributed by atoms with E-state index in [2.05, 4.69) is 20.9 Å². The van der Waals surface area contributed by atoms with E-state index >= 15 is 0 Å². The summed E-state index contributed by atoms with van der Waals surface area (Å²) in [6.45, 7) is 1.85. The molecule has 33 heavy (non-hydrogen) atoms. The molecule has 0 saturated heterocycles. The normalized spacial score (nSPS) is 12.6. The number of aliphatic hydroxyl groups is 1. The van der Waals surface area contributed by atoms with Gasteiger partial charge in [0, 0.05) is 47.0 Å². The van der Waals surface area contributed by atoms with E-state index in [1.54, 1.807) is 81.0 Å². The second kappa shape index (κ2) is 9.09. The Bertz CT molecular complexity index is 1420. The Morgan fingerprint density at radius 1 is 1.15 bits per heavy atom. The maximum atomic E-state index is 13.3. The summed E-state index contributed by atoms with van der Waals surface area (Å²) in [5.41, 5.74) is 2.21. The smallest absolute Gasteiger partial charge is 0.269 e. The SMILES string of the molecule is CC(O)CN(C)C(=O)c1ccc(-c2cn(S(=O)(=O)c3ccccc3)c3ncc(Br)cc23)cc1. The maximum absolute atomic E-state index is 13.3. The number of carbonyl (C=O) groups excluding carboxylic acids is 1. The van der Waals surface area contributed by atoms with Crippen LogP contribution in [0, 0.1) is 0 Å². The predicted molar refractivity (Wildman–Crippen MR) is 131 cm³/mol.